The molecule has 164 valence electrons. The Hall–Kier alpha value is -3.68. The molecule has 0 aliphatic carbocycles. The first kappa shape index (κ1) is 21.2. The van der Waals surface area contributed by atoms with Gasteiger partial charge in [0, 0.05) is 41.5 Å². The first-order valence-corrected chi connectivity index (χ1v) is 11.4. The summed E-state index contributed by atoms with van der Waals surface area (Å²) in [7, 11) is 0. The van der Waals surface area contributed by atoms with Crippen molar-refractivity contribution in [2.75, 3.05) is 18.0 Å². The second-order valence-corrected chi connectivity index (χ2v) is 8.90. The number of hydrogen-bond donors (Lipinski definition) is 0. The summed E-state index contributed by atoms with van der Waals surface area (Å²) < 4.78 is 5.88. The van der Waals surface area contributed by atoms with Crippen LogP contribution in [0.1, 0.15) is 25.0 Å². The summed E-state index contributed by atoms with van der Waals surface area (Å²) in [6, 6.07) is 25.0. The molecule has 0 spiro atoms. The molecule has 1 saturated heterocycles. The lowest BCUT2D eigenvalue weighted by Crippen LogP contribution is -2.45. The van der Waals surface area contributed by atoms with Crippen LogP contribution in [0.3, 0.4) is 0 Å². The van der Waals surface area contributed by atoms with Gasteiger partial charge in [0.2, 0.25) is 0 Å². The van der Waals surface area contributed by atoms with Crippen LogP contribution in [-0.4, -0.2) is 30.3 Å². The zero-order valence-electron chi connectivity index (χ0n) is 19.2. The van der Waals surface area contributed by atoms with Gasteiger partial charge in [0.15, 0.2) is 0 Å². The van der Waals surface area contributed by atoms with Gasteiger partial charge in [-0.25, -0.2) is 0 Å². The number of rotatable bonds is 3. The van der Waals surface area contributed by atoms with Crippen LogP contribution < -0.4 is 4.90 Å². The largest absolute Gasteiger partial charge is 0.372 e. The molecular weight excluding hydrogens is 406 g/mol. The minimum absolute atomic E-state index is 0.241. The highest BCUT2D eigenvalue weighted by Crippen LogP contribution is 2.34. The molecule has 2 atom stereocenters. The van der Waals surface area contributed by atoms with Gasteiger partial charge in [-0.2, -0.15) is 5.26 Å². The number of hydrogen-bond acceptors (Lipinski definition) is 4. The van der Waals surface area contributed by atoms with Crippen molar-refractivity contribution in [1.29, 1.82) is 5.26 Å². The fourth-order valence-electron chi connectivity index (χ4n) is 4.85. The first-order valence-electron chi connectivity index (χ1n) is 11.4. The highest BCUT2D eigenvalue weighted by Gasteiger charge is 2.22. The highest BCUT2D eigenvalue weighted by molar-refractivity contribution is 5.98. The van der Waals surface area contributed by atoms with Crippen molar-refractivity contribution in [3.05, 3.63) is 84.1 Å². The molecule has 0 bridgehead atoms. The Morgan fingerprint density at radius 1 is 0.879 bits per heavy atom. The van der Waals surface area contributed by atoms with Crippen LogP contribution in [0.25, 0.3) is 33.2 Å². The molecule has 4 heteroatoms. The zero-order valence-corrected chi connectivity index (χ0v) is 19.2. The minimum atomic E-state index is 0.241. The van der Waals surface area contributed by atoms with Gasteiger partial charge in [-0.1, -0.05) is 42.5 Å². The number of aromatic nitrogens is 1. The van der Waals surface area contributed by atoms with Gasteiger partial charge in [-0.15, -0.1) is 0 Å². The molecule has 1 unspecified atom stereocenters. The molecule has 0 amide bonds. The van der Waals surface area contributed by atoms with E-state index in [-0.39, 0.29) is 12.2 Å². The van der Waals surface area contributed by atoms with Crippen LogP contribution in [0.5, 0.6) is 0 Å². The lowest BCUT2D eigenvalue weighted by Gasteiger charge is -2.36. The van der Waals surface area contributed by atoms with E-state index in [1.807, 2.05) is 30.5 Å². The van der Waals surface area contributed by atoms with Crippen molar-refractivity contribution < 1.29 is 4.74 Å². The molecule has 1 aliphatic rings. The maximum atomic E-state index is 9.09. The molecule has 1 aliphatic heterocycles. The summed E-state index contributed by atoms with van der Waals surface area (Å²) in [5, 5.41) is 10.2. The van der Waals surface area contributed by atoms with Crippen LogP contribution in [0, 0.1) is 18.3 Å². The smallest absolute Gasteiger partial charge is 0.0991 e. The third-order valence-corrected chi connectivity index (χ3v) is 6.45. The zero-order chi connectivity index (χ0) is 22.9. The van der Waals surface area contributed by atoms with E-state index >= 15 is 0 Å². The fraction of sp³-hybridized carbons (Fsp3) is 0.241. The van der Waals surface area contributed by atoms with Gasteiger partial charge in [-0.05, 0) is 61.7 Å². The maximum absolute atomic E-state index is 9.09. The van der Waals surface area contributed by atoms with E-state index in [1.54, 1.807) is 0 Å². The number of morpholine rings is 1. The number of ether oxygens (including phenoxy) is 1. The number of benzene rings is 3. The van der Waals surface area contributed by atoms with Crippen LogP contribution in [-0.2, 0) is 4.74 Å². The summed E-state index contributed by atoms with van der Waals surface area (Å²) >= 11 is 0. The van der Waals surface area contributed by atoms with Gasteiger partial charge in [0.25, 0.3) is 0 Å². The molecule has 0 saturated carbocycles. The monoisotopic (exact) mass is 433 g/mol. The first-order chi connectivity index (χ1) is 16.0. The maximum Gasteiger partial charge on any atom is 0.0991 e. The molecule has 1 aromatic heterocycles. The van der Waals surface area contributed by atoms with E-state index in [0.29, 0.717) is 5.56 Å². The number of nitriles is 1. The van der Waals surface area contributed by atoms with Gasteiger partial charge in [0.1, 0.15) is 0 Å². The van der Waals surface area contributed by atoms with E-state index in [9.17, 15) is 0 Å². The predicted octanol–water partition coefficient (Wildman–Crippen LogP) is 6.36. The summed E-state index contributed by atoms with van der Waals surface area (Å²) in [6.45, 7) is 8.26. The van der Waals surface area contributed by atoms with Crippen molar-refractivity contribution in [3.63, 3.8) is 0 Å². The number of pyridine rings is 1. The van der Waals surface area contributed by atoms with Crippen molar-refractivity contribution in [2.24, 2.45) is 0 Å². The molecule has 0 radical (unpaired) electrons. The Morgan fingerprint density at radius 3 is 2.18 bits per heavy atom. The van der Waals surface area contributed by atoms with Crippen LogP contribution in [0.4, 0.5) is 5.69 Å². The van der Waals surface area contributed by atoms with E-state index in [1.165, 1.54) is 16.8 Å². The summed E-state index contributed by atoms with van der Waals surface area (Å²) in [5.41, 5.74) is 8.56. The van der Waals surface area contributed by atoms with Gasteiger partial charge in [-0.3, -0.25) is 4.98 Å². The second kappa shape index (κ2) is 8.69. The number of nitrogens with zero attached hydrogens (tertiary/aromatic N) is 3. The lowest BCUT2D eigenvalue weighted by molar-refractivity contribution is -0.00521. The lowest BCUT2D eigenvalue weighted by atomic mass is 9.95. The number of aryl methyl sites for hydroxylation is 1. The Kier molecular flexibility index (Phi) is 5.58. The molecule has 4 aromatic rings. The van der Waals surface area contributed by atoms with E-state index in [2.05, 4.69) is 74.2 Å². The van der Waals surface area contributed by atoms with Gasteiger partial charge < -0.3 is 9.64 Å². The molecule has 2 heterocycles. The van der Waals surface area contributed by atoms with Crippen LogP contribution in [0.2, 0.25) is 0 Å². The Balaban J connectivity index is 1.49. The van der Waals surface area contributed by atoms with Gasteiger partial charge in [0.05, 0.1) is 29.4 Å². The van der Waals surface area contributed by atoms with E-state index < -0.39 is 0 Å². The van der Waals surface area contributed by atoms with Crippen LogP contribution in [0.15, 0.2) is 72.9 Å². The molecule has 5 rings (SSSR count). The molecular formula is C29H27N3O. The number of anilines is 1. The average molecular weight is 434 g/mol. The third-order valence-electron chi connectivity index (χ3n) is 6.45. The molecule has 4 nitrogen and oxygen atoms in total. The molecule has 0 N–H and O–H groups in total. The number of fused-ring (bicyclic) bond motifs is 1. The number of para-hydroxylation sites is 1. The second-order valence-electron chi connectivity index (χ2n) is 8.90. The third kappa shape index (κ3) is 4.08. The standard InChI is InChI=1S/C29H27N3O/c1-19-17-32(18-20(2)33-19)25-13-11-24(12-14-25)28-16-31-29-26(21(28)3)5-4-6-27(29)23-9-7-22(15-30)8-10-23/h4-14,16,19-20H,17-18H2,1-3H3/t19-,20?/m1/s1. The molecule has 1 fully saturated rings. The molecule has 3 aromatic carbocycles. The molecule has 33 heavy (non-hydrogen) atoms. The Labute approximate surface area is 195 Å². The van der Waals surface area contributed by atoms with Crippen molar-refractivity contribution in [2.45, 2.75) is 33.0 Å². The summed E-state index contributed by atoms with van der Waals surface area (Å²) in [6.07, 6.45) is 2.47. The van der Waals surface area contributed by atoms with E-state index in [4.69, 9.17) is 15.0 Å². The van der Waals surface area contributed by atoms with Crippen molar-refractivity contribution in [3.8, 4) is 28.3 Å². The Morgan fingerprint density at radius 2 is 1.52 bits per heavy atom. The topological polar surface area (TPSA) is 49.1 Å². The van der Waals surface area contributed by atoms with Crippen LogP contribution >= 0.6 is 0 Å². The normalized spacial score (nSPS) is 18.3. The Bertz CT molecular complexity index is 1330. The minimum Gasteiger partial charge on any atom is -0.372 e. The average Bonchev–Trinajstić information content (AvgIpc) is 2.84. The highest BCUT2D eigenvalue weighted by atomic mass is 16.5. The predicted molar refractivity (Wildman–Crippen MR) is 134 cm³/mol. The summed E-state index contributed by atoms with van der Waals surface area (Å²) in [5.74, 6) is 0. The fourth-order valence-corrected chi connectivity index (χ4v) is 4.85. The van der Waals surface area contributed by atoms with Gasteiger partial charge >= 0.3 is 0 Å². The summed E-state index contributed by atoms with van der Waals surface area (Å²) in [4.78, 5) is 7.28. The quantitative estimate of drug-likeness (QED) is 0.377. The van der Waals surface area contributed by atoms with E-state index in [0.717, 1.165) is 40.7 Å². The van der Waals surface area contributed by atoms with Crippen molar-refractivity contribution in [1.82, 2.24) is 4.98 Å². The SMILES string of the molecule is Cc1c(-c2ccc(N3CC(C)O[C@H](C)C3)cc2)cnc2c(-c3ccc(C#N)cc3)cccc12. The van der Waals surface area contributed by atoms with Crippen molar-refractivity contribution >= 4 is 16.6 Å².